The van der Waals surface area contributed by atoms with Gasteiger partial charge in [0.15, 0.2) is 0 Å². The molecule has 2 rings (SSSR count). The zero-order valence-electron chi connectivity index (χ0n) is 10.6. The number of rotatable bonds is 2. The average Bonchev–Trinajstić information content (AvgIpc) is 2.42. The van der Waals surface area contributed by atoms with Crippen molar-refractivity contribution in [3.8, 4) is 0 Å². The predicted molar refractivity (Wildman–Crippen MR) is 75.8 cm³/mol. The lowest BCUT2D eigenvalue weighted by molar-refractivity contribution is -0.137. The van der Waals surface area contributed by atoms with Crippen LogP contribution in [0.2, 0.25) is 10.0 Å². The first-order valence-corrected chi connectivity index (χ1v) is 6.57. The smallest absolute Gasteiger partial charge is 0.322 e. The highest BCUT2D eigenvalue weighted by atomic mass is 35.5. The van der Waals surface area contributed by atoms with Gasteiger partial charge in [-0.2, -0.15) is 13.2 Å². The van der Waals surface area contributed by atoms with E-state index in [9.17, 15) is 22.4 Å². The number of carbonyl (C=O) groups is 1. The molecular weight excluding hydrogens is 345 g/mol. The minimum atomic E-state index is -4.54. The first-order chi connectivity index (χ1) is 10.2. The Balaban J connectivity index is 2.28. The SMILES string of the molecule is O=C(Nc1cccc(C(F)(F)F)c1)c1cc(F)c(Cl)cc1Cl. The Hall–Kier alpha value is -1.79. The fourth-order valence-electron chi connectivity index (χ4n) is 1.67. The maximum Gasteiger partial charge on any atom is 0.416 e. The fraction of sp³-hybridized carbons (Fsp3) is 0.0714. The predicted octanol–water partition coefficient (Wildman–Crippen LogP) is 5.40. The van der Waals surface area contributed by atoms with Crippen molar-refractivity contribution >= 4 is 34.8 Å². The van der Waals surface area contributed by atoms with E-state index < -0.39 is 23.5 Å². The van der Waals surface area contributed by atoms with Crippen LogP contribution in [0.25, 0.3) is 0 Å². The van der Waals surface area contributed by atoms with Gasteiger partial charge >= 0.3 is 6.18 Å². The molecule has 0 radical (unpaired) electrons. The van der Waals surface area contributed by atoms with Gasteiger partial charge in [-0.15, -0.1) is 0 Å². The van der Waals surface area contributed by atoms with Gasteiger partial charge < -0.3 is 5.32 Å². The van der Waals surface area contributed by atoms with Gasteiger partial charge in [-0.1, -0.05) is 29.3 Å². The lowest BCUT2D eigenvalue weighted by Crippen LogP contribution is -2.14. The Bertz CT molecular complexity index is 731. The molecule has 1 N–H and O–H groups in total. The van der Waals surface area contributed by atoms with Crippen LogP contribution in [0.3, 0.4) is 0 Å². The number of amides is 1. The summed E-state index contributed by atoms with van der Waals surface area (Å²) in [6.07, 6.45) is -4.54. The lowest BCUT2D eigenvalue weighted by atomic mass is 10.1. The molecule has 1 amide bonds. The molecule has 0 spiro atoms. The first-order valence-electron chi connectivity index (χ1n) is 5.81. The third-order valence-corrected chi connectivity index (χ3v) is 3.30. The van der Waals surface area contributed by atoms with Crippen LogP contribution in [-0.2, 0) is 6.18 Å². The van der Waals surface area contributed by atoms with Gasteiger partial charge in [0.1, 0.15) is 5.82 Å². The summed E-state index contributed by atoms with van der Waals surface area (Å²) < 4.78 is 51.1. The van der Waals surface area contributed by atoms with E-state index in [0.717, 1.165) is 30.3 Å². The third-order valence-electron chi connectivity index (χ3n) is 2.70. The molecule has 8 heteroatoms. The van der Waals surface area contributed by atoms with Crippen LogP contribution >= 0.6 is 23.2 Å². The van der Waals surface area contributed by atoms with Crippen molar-refractivity contribution < 1.29 is 22.4 Å². The number of benzene rings is 2. The van der Waals surface area contributed by atoms with Crippen molar-refractivity contribution in [1.82, 2.24) is 0 Å². The molecule has 0 aromatic heterocycles. The molecular formula is C14H7Cl2F4NO. The van der Waals surface area contributed by atoms with Crippen molar-refractivity contribution in [2.45, 2.75) is 6.18 Å². The van der Waals surface area contributed by atoms with Gasteiger partial charge in [-0.05, 0) is 30.3 Å². The summed E-state index contributed by atoms with van der Waals surface area (Å²) in [5.41, 5.74) is -1.24. The van der Waals surface area contributed by atoms with E-state index in [4.69, 9.17) is 23.2 Å². The molecule has 0 atom stereocenters. The second-order valence-electron chi connectivity index (χ2n) is 4.28. The maximum absolute atomic E-state index is 13.4. The summed E-state index contributed by atoms with van der Waals surface area (Å²) in [4.78, 5) is 12.0. The van der Waals surface area contributed by atoms with Gasteiger partial charge in [0, 0.05) is 5.69 Å². The highest BCUT2D eigenvalue weighted by Gasteiger charge is 2.30. The molecule has 0 unspecified atom stereocenters. The molecule has 2 aromatic carbocycles. The maximum atomic E-state index is 13.4. The minimum Gasteiger partial charge on any atom is -0.322 e. The number of halogens is 6. The number of anilines is 1. The normalized spacial score (nSPS) is 11.4. The number of hydrogen-bond donors (Lipinski definition) is 1. The van der Waals surface area contributed by atoms with Gasteiger partial charge in [-0.25, -0.2) is 4.39 Å². The second kappa shape index (κ2) is 6.14. The van der Waals surface area contributed by atoms with Crippen LogP contribution in [0.5, 0.6) is 0 Å². The molecule has 0 aliphatic heterocycles. The third kappa shape index (κ3) is 3.69. The summed E-state index contributed by atoms with van der Waals surface area (Å²) in [7, 11) is 0. The molecule has 0 saturated heterocycles. The van der Waals surface area contributed by atoms with E-state index in [1.54, 1.807) is 0 Å². The van der Waals surface area contributed by atoms with Crippen LogP contribution in [-0.4, -0.2) is 5.91 Å². The Morgan fingerprint density at radius 1 is 1.05 bits per heavy atom. The Labute approximate surface area is 132 Å². The molecule has 22 heavy (non-hydrogen) atoms. The highest BCUT2D eigenvalue weighted by Crippen LogP contribution is 2.31. The number of carbonyl (C=O) groups excluding carboxylic acids is 1. The van der Waals surface area contributed by atoms with Crippen LogP contribution in [0.1, 0.15) is 15.9 Å². The van der Waals surface area contributed by atoms with Crippen molar-refractivity contribution in [2.75, 3.05) is 5.32 Å². The second-order valence-corrected chi connectivity index (χ2v) is 5.09. The molecule has 0 saturated carbocycles. The zero-order chi connectivity index (χ0) is 16.5. The number of nitrogens with one attached hydrogen (secondary N) is 1. The Morgan fingerprint density at radius 3 is 2.36 bits per heavy atom. The van der Waals surface area contributed by atoms with Crippen LogP contribution < -0.4 is 5.32 Å². The number of alkyl halides is 3. The van der Waals surface area contributed by atoms with E-state index in [-0.39, 0.29) is 21.3 Å². The first kappa shape index (κ1) is 16.6. The van der Waals surface area contributed by atoms with Crippen molar-refractivity contribution in [1.29, 1.82) is 0 Å². The summed E-state index contributed by atoms with van der Waals surface area (Å²) in [5, 5.41) is 1.85. The Kier molecular flexibility index (Phi) is 4.63. The van der Waals surface area contributed by atoms with Gasteiger partial charge in [0.25, 0.3) is 5.91 Å². The Morgan fingerprint density at radius 2 is 1.73 bits per heavy atom. The summed E-state index contributed by atoms with van der Waals surface area (Å²) in [6.45, 7) is 0. The van der Waals surface area contributed by atoms with Gasteiger partial charge in [0.05, 0.1) is 21.2 Å². The van der Waals surface area contributed by atoms with Gasteiger partial charge in [0.2, 0.25) is 0 Å². The largest absolute Gasteiger partial charge is 0.416 e. The van der Waals surface area contributed by atoms with Crippen molar-refractivity contribution in [3.63, 3.8) is 0 Å². The molecule has 116 valence electrons. The molecule has 0 fully saturated rings. The molecule has 0 bridgehead atoms. The highest BCUT2D eigenvalue weighted by molar-refractivity contribution is 6.37. The van der Waals surface area contributed by atoms with E-state index in [0.29, 0.717) is 0 Å². The van der Waals surface area contributed by atoms with Crippen LogP contribution in [0.15, 0.2) is 36.4 Å². The molecule has 0 aliphatic carbocycles. The average molecular weight is 352 g/mol. The molecule has 0 aliphatic rings. The van der Waals surface area contributed by atoms with Crippen molar-refractivity contribution in [2.24, 2.45) is 0 Å². The van der Waals surface area contributed by atoms with Crippen molar-refractivity contribution in [3.05, 3.63) is 63.4 Å². The summed E-state index contributed by atoms with van der Waals surface area (Å²) in [6, 6.07) is 5.89. The summed E-state index contributed by atoms with van der Waals surface area (Å²) >= 11 is 11.3. The molecule has 2 aromatic rings. The van der Waals surface area contributed by atoms with E-state index in [2.05, 4.69) is 5.32 Å². The van der Waals surface area contributed by atoms with E-state index in [1.165, 1.54) is 6.07 Å². The lowest BCUT2D eigenvalue weighted by Gasteiger charge is -2.11. The monoisotopic (exact) mass is 351 g/mol. The topological polar surface area (TPSA) is 29.1 Å². The molecule has 0 heterocycles. The molecule has 2 nitrogen and oxygen atoms in total. The van der Waals surface area contributed by atoms with E-state index >= 15 is 0 Å². The fourth-order valence-corrected chi connectivity index (χ4v) is 2.14. The van der Waals surface area contributed by atoms with E-state index in [1.807, 2.05) is 0 Å². The summed E-state index contributed by atoms with van der Waals surface area (Å²) in [5.74, 6) is -1.71. The number of hydrogen-bond acceptors (Lipinski definition) is 1. The minimum absolute atomic E-state index is 0.0914. The standard InChI is InChI=1S/C14H7Cl2F4NO/c15-10-6-11(16)12(17)5-9(10)13(22)21-8-3-1-2-7(4-8)14(18,19)20/h1-6H,(H,21,22). The van der Waals surface area contributed by atoms with Crippen LogP contribution in [0.4, 0.5) is 23.2 Å². The quantitative estimate of drug-likeness (QED) is 0.569. The van der Waals surface area contributed by atoms with Crippen LogP contribution in [0, 0.1) is 5.82 Å². The zero-order valence-corrected chi connectivity index (χ0v) is 12.2. The van der Waals surface area contributed by atoms with Gasteiger partial charge in [-0.3, -0.25) is 4.79 Å².